The van der Waals surface area contributed by atoms with Crippen molar-refractivity contribution in [1.29, 1.82) is 0 Å². The molecule has 4 heterocycles. The Labute approximate surface area is 220 Å². The first kappa shape index (κ1) is 24.0. The Morgan fingerprint density at radius 3 is 2.47 bits per heavy atom. The van der Waals surface area contributed by atoms with Gasteiger partial charge >= 0.3 is 0 Å². The fourth-order valence-electron chi connectivity index (χ4n) is 5.17. The highest BCUT2D eigenvalue weighted by atomic mass is 16.5. The average molecular weight is 505 g/mol. The number of ketones is 1. The number of hydrogen-bond donors (Lipinski definition) is 1. The molecule has 5 aromatic rings. The summed E-state index contributed by atoms with van der Waals surface area (Å²) < 4.78 is 7.18. The van der Waals surface area contributed by atoms with Gasteiger partial charge in [0.2, 0.25) is 0 Å². The van der Waals surface area contributed by atoms with Crippen LogP contribution in [-0.2, 0) is 34.3 Å². The second-order valence-corrected chi connectivity index (χ2v) is 9.96. The van der Waals surface area contributed by atoms with E-state index in [1.165, 1.54) is 0 Å². The lowest BCUT2D eigenvalue weighted by Crippen LogP contribution is -2.50. The molecular weight excluding hydrogens is 476 g/mol. The van der Waals surface area contributed by atoms with Gasteiger partial charge in [0.1, 0.15) is 5.69 Å². The molecule has 1 fully saturated rings. The third-order valence-electron chi connectivity index (χ3n) is 7.33. The molecule has 7 heteroatoms. The number of aromatic nitrogens is 4. The summed E-state index contributed by atoms with van der Waals surface area (Å²) in [7, 11) is 0. The number of nitrogens with one attached hydrogen (secondary N) is 1. The number of carbonyl (C=O) groups excluding carboxylic acids is 1. The van der Waals surface area contributed by atoms with Crippen molar-refractivity contribution in [3.8, 4) is 11.3 Å². The molecule has 0 atom stereocenters. The van der Waals surface area contributed by atoms with E-state index in [4.69, 9.17) is 4.74 Å². The molecule has 2 aromatic carbocycles. The van der Waals surface area contributed by atoms with Gasteiger partial charge < -0.3 is 9.72 Å². The topological polar surface area (TPSA) is 89.9 Å². The first-order valence-corrected chi connectivity index (χ1v) is 12.8. The third kappa shape index (κ3) is 4.68. The molecule has 1 N–H and O–H groups in total. The van der Waals surface area contributed by atoms with E-state index in [0.29, 0.717) is 43.9 Å². The zero-order valence-corrected chi connectivity index (χ0v) is 21.0. The van der Waals surface area contributed by atoms with Gasteiger partial charge in [-0.15, -0.1) is 0 Å². The summed E-state index contributed by atoms with van der Waals surface area (Å²) >= 11 is 0. The van der Waals surface area contributed by atoms with E-state index in [9.17, 15) is 9.59 Å². The highest BCUT2D eigenvalue weighted by Crippen LogP contribution is 2.35. The van der Waals surface area contributed by atoms with Gasteiger partial charge in [-0.05, 0) is 29.7 Å². The standard InChI is InChI=1S/C31H28N4O3/c36-26(12-11-25-15-23-17-32-14-13-27(23)34-25)19-35-29(22-7-3-1-4-8-22)18-33-28(30(35)37)16-31(20-38-21-31)24-9-5-2-6-10-24/h1-10,13-15,17-18,34H,11-12,16,19-21H2. The quantitative estimate of drug-likeness (QED) is 0.319. The minimum Gasteiger partial charge on any atom is -0.379 e. The van der Waals surface area contributed by atoms with E-state index in [0.717, 1.165) is 27.7 Å². The summed E-state index contributed by atoms with van der Waals surface area (Å²) in [6.07, 6.45) is 6.61. The normalized spacial score (nSPS) is 14.3. The van der Waals surface area contributed by atoms with E-state index in [1.807, 2.05) is 60.7 Å². The summed E-state index contributed by atoms with van der Waals surface area (Å²) in [6.45, 7) is 1.07. The zero-order chi connectivity index (χ0) is 26.0. The van der Waals surface area contributed by atoms with Crippen molar-refractivity contribution < 1.29 is 9.53 Å². The Bertz CT molecular complexity index is 1600. The Morgan fingerprint density at radius 2 is 1.76 bits per heavy atom. The van der Waals surface area contributed by atoms with Gasteiger partial charge in [0.05, 0.1) is 31.6 Å². The van der Waals surface area contributed by atoms with E-state index >= 15 is 0 Å². The van der Waals surface area contributed by atoms with Gasteiger partial charge in [-0.25, -0.2) is 0 Å². The minimum atomic E-state index is -0.284. The van der Waals surface area contributed by atoms with Crippen LogP contribution in [0, 0.1) is 0 Å². The highest BCUT2D eigenvalue weighted by molar-refractivity contribution is 5.81. The van der Waals surface area contributed by atoms with Crippen LogP contribution in [0.5, 0.6) is 0 Å². The monoisotopic (exact) mass is 504 g/mol. The van der Waals surface area contributed by atoms with Crippen LogP contribution in [0.3, 0.4) is 0 Å². The third-order valence-corrected chi connectivity index (χ3v) is 7.33. The molecule has 0 saturated carbocycles. The number of nitrogens with zero attached hydrogens (tertiary/aromatic N) is 3. The van der Waals surface area contributed by atoms with Gasteiger partial charge in [0.25, 0.3) is 5.56 Å². The number of aromatic amines is 1. The van der Waals surface area contributed by atoms with Crippen LogP contribution in [-0.4, -0.2) is 38.5 Å². The van der Waals surface area contributed by atoms with E-state index in [-0.39, 0.29) is 23.3 Å². The largest absolute Gasteiger partial charge is 0.379 e. The van der Waals surface area contributed by atoms with Crippen LogP contribution in [0.2, 0.25) is 0 Å². The Morgan fingerprint density at radius 1 is 1.00 bits per heavy atom. The molecule has 1 aliphatic heterocycles. The lowest BCUT2D eigenvalue weighted by molar-refractivity contribution is -0.119. The van der Waals surface area contributed by atoms with Crippen molar-refractivity contribution in [3.63, 3.8) is 0 Å². The number of ether oxygens (including phenoxy) is 1. The van der Waals surface area contributed by atoms with Crippen molar-refractivity contribution in [2.45, 2.75) is 31.2 Å². The van der Waals surface area contributed by atoms with Crippen molar-refractivity contribution in [3.05, 3.63) is 119 Å². The molecule has 7 nitrogen and oxygen atoms in total. The summed E-state index contributed by atoms with van der Waals surface area (Å²) in [5, 5.41) is 1.02. The molecule has 6 rings (SSSR count). The van der Waals surface area contributed by atoms with Crippen molar-refractivity contribution in [2.24, 2.45) is 0 Å². The fourth-order valence-corrected chi connectivity index (χ4v) is 5.17. The maximum Gasteiger partial charge on any atom is 0.273 e. The summed E-state index contributed by atoms with van der Waals surface area (Å²) in [6, 6.07) is 23.7. The summed E-state index contributed by atoms with van der Waals surface area (Å²) in [5.74, 6) is -0.0111. The van der Waals surface area contributed by atoms with Gasteiger partial charge in [-0.2, -0.15) is 0 Å². The van der Waals surface area contributed by atoms with Crippen LogP contribution < -0.4 is 5.56 Å². The van der Waals surface area contributed by atoms with Crippen LogP contribution >= 0.6 is 0 Å². The SMILES string of the molecule is O=C(CCc1cc2cnccc2[nH]1)Cn1c(-c2ccccc2)cnc(CC2(c3ccccc3)COC2)c1=O. The summed E-state index contributed by atoms with van der Waals surface area (Å²) in [4.78, 5) is 39.1. The molecule has 0 bridgehead atoms. The molecule has 0 amide bonds. The first-order valence-electron chi connectivity index (χ1n) is 12.8. The maximum atomic E-state index is 13.8. The minimum absolute atomic E-state index is 0.00476. The van der Waals surface area contributed by atoms with Crippen LogP contribution in [0.25, 0.3) is 22.2 Å². The number of pyridine rings is 1. The van der Waals surface area contributed by atoms with Crippen LogP contribution in [0.4, 0.5) is 0 Å². The van der Waals surface area contributed by atoms with E-state index in [1.54, 1.807) is 23.2 Å². The van der Waals surface area contributed by atoms with E-state index < -0.39 is 0 Å². The van der Waals surface area contributed by atoms with Crippen molar-refractivity contribution >= 4 is 16.7 Å². The number of rotatable bonds is 9. The second-order valence-electron chi connectivity index (χ2n) is 9.96. The molecule has 0 spiro atoms. The lowest BCUT2D eigenvalue weighted by Gasteiger charge is -2.41. The van der Waals surface area contributed by atoms with Crippen LogP contribution in [0.15, 0.2) is 96.2 Å². The molecule has 0 radical (unpaired) electrons. The number of H-pyrrole nitrogens is 1. The summed E-state index contributed by atoms with van der Waals surface area (Å²) in [5.41, 5.74) is 4.54. The van der Waals surface area contributed by atoms with Crippen molar-refractivity contribution in [1.82, 2.24) is 19.5 Å². The average Bonchev–Trinajstić information content (AvgIpc) is 3.36. The Balaban J connectivity index is 1.28. The molecule has 190 valence electrons. The van der Waals surface area contributed by atoms with Gasteiger partial charge in [0, 0.05) is 47.2 Å². The second kappa shape index (κ2) is 10.2. The molecule has 0 unspecified atom stereocenters. The fraction of sp³-hybridized carbons (Fsp3) is 0.226. The number of hydrogen-bond acceptors (Lipinski definition) is 5. The molecule has 3 aromatic heterocycles. The zero-order valence-electron chi connectivity index (χ0n) is 21.0. The smallest absolute Gasteiger partial charge is 0.273 e. The lowest BCUT2D eigenvalue weighted by atomic mass is 9.75. The Hall–Kier alpha value is -4.36. The van der Waals surface area contributed by atoms with Gasteiger partial charge in [0.15, 0.2) is 5.78 Å². The van der Waals surface area contributed by atoms with E-state index in [2.05, 4.69) is 27.1 Å². The molecule has 1 saturated heterocycles. The van der Waals surface area contributed by atoms with Crippen LogP contribution in [0.1, 0.15) is 23.4 Å². The first-order chi connectivity index (χ1) is 18.6. The number of benzene rings is 2. The molecule has 38 heavy (non-hydrogen) atoms. The van der Waals surface area contributed by atoms with Gasteiger partial charge in [-0.3, -0.25) is 24.1 Å². The number of fused-ring (bicyclic) bond motifs is 1. The molecule has 0 aliphatic carbocycles. The number of carbonyl (C=O) groups is 1. The van der Waals surface area contributed by atoms with Gasteiger partial charge in [-0.1, -0.05) is 60.7 Å². The predicted octanol–water partition coefficient (Wildman–Crippen LogP) is 4.50. The Kier molecular flexibility index (Phi) is 6.43. The highest BCUT2D eigenvalue weighted by Gasteiger charge is 2.41. The molecule has 1 aliphatic rings. The van der Waals surface area contributed by atoms with Crippen molar-refractivity contribution in [2.75, 3.05) is 13.2 Å². The molecular formula is C31H28N4O3. The number of Topliss-reactive ketones (excluding diaryl/α,β-unsaturated/α-hetero) is 1. The predicted molar refractivity (Wildman–Crippen MR) is 146 cm³/mol. The maximum absolute atomic E-state index is 13.8. The number of aryl methyl sites for hydroxylation is 1.